The van der Waals surface area contributed by atoms with Crippen molar-refractivity contribution in [2.45, 2.75) is 40.7 Å². The van der Waals surface area contributed by atoms with Crippen molar-refractivity contribution in [3.05, 3.63) is 58.7 Å². The second kappa shape index (κ2) is 8.03. The molecule has 0 radical (unpaired) electrons. The van der Waals surface area contributed by atoms with Crippen LogP contribution in [0.15, 0.2) is 36.4 Å². The highest BCUT2D eigenvalue weighted by molar-refractivity contribution is 5.81. The van der Waals surface area contributed by atoms with E-state index >= 15 is 0 Å². The molecule has 4 heteroatoms. The Hall–Kier alpha value is -2.49. The fraction of sp³-hybridized carbons (Fsp3) is 0.435. The van der Waals surface area contributed by atoms with E-state index in [1.165, 1.54) is 16.8 Å². The molecule has 0 N–H and O–H groups in total. The molecule has 1 aliphatic heterocycles. The molecule has 3 rings (SSSR count). The van der Waals surface area contributed by atoms with Crippen LogP contribution in [0.1, 0.15) is 29.2 Å². The number of carbonyl (C=O) groups is 1. The molecular weight excluding hydrogens is 336 g/mol. The number of anilines is 1. The molecule has 0 aliphatic carbocycles. The Labute approximate surface area is 162 Å². The van der Waals surface area contributed by atoms with E-state index in [1.54, 1.807) is 0 Å². The molecule has 0 bridgehead atoms. The van der Waals surface area contributed by atoms with Crippen LogP contribution < -0.4 is 9.64 Å². The van der Waals surface area contributed by atoms with Gasteiger partial charge in [0.25, 0.3) is 5.91 Å². The molecule has 2 aromatic carbocycles. The van der Waals surface area contributed by atoms with E-state index in [0.717, 1.165) is 43.1 Å². The topological polar surface area (TPSA) is 32.8 Å². The SMILES string of the molecule is Cc1ccc(C)c(O[C@@H](C)C(=O)N2CCN(c3cccc(C)c3C)CC2)c1. The molecule has 1 aliphatic rings. The summed E-state index contributed by atoms with van der Waals surface area (Å²) in [5, 5.41) is 0. The second-order valence-corrected chi connectivity index (χ2v) is 7.56. The minimum absolute atomic E-state index is 0.0662. The number of amides is 1. The van der Waals surface area contributed by atoms with Crippen molar-refractivity contribution in [3.63, 3.8) is 0 Å². The van der Waals surface area contributed by atoms with E-state index in [9.17, 15) is 4.79 Å². The van der Waals surface area contributed by atoms with Crippen LogP contribution in [-0.4, -0.2) is 43.1 Å². The number of ether oxygens (including phenoxy) is 1. The summed E-state index contributed by atoms with van der Waals surface area (Å²) in [4.78, 5) is 17.2. The molecule has 0 unspecified atom stereocenters. The maximum absolute atomic E-state index is 12.8. The van der Waals surface area contributed by atoms with E-state index in [4.69, 9.17) is 4.74 Å². The summed E-state index contributed by atoms with van der Waals surface area (Å²) in [6.45, 7) is 13.4. The first-order chi connectivity index (χ1) is 12.9. The third-order valence-electron chi connectivity index (χ3n) is 5.50. The van der Waals surface area contributed by atoms with Gasteiger partial charge >= 0.3 is 0 Å². The van der Waals surface area contributed by atoms with Crippen molar-refractivity contribution in [2.24, 2.45) is 0 Å². The van der Waals surface area contributed by atoms with Gasteiger partial charge in [0, 0.05) is 31.9 Å². The first-order valence-corrected chi connectivity index (χ1v) is 9.70. The Morgan fingerprint density at radius 1 is 0.963 bits per heavy atom. The Morgan fingerprint density at radius 3 is 2.37 bits per heavy atom. The number of benzene rings is 2. The summed E-state index contributed by atoms with van der Waals surface area (Å²) in [6.07, 6.45) is -0.474. The van der Waals surface area contributed by atoms with E-state index in [-0.39, 0.29) is 5.91 Å². The number of piperazine rings is 1. The molecule has 1 atom stereocenters. The van der Waals surface area contributed by atoms with Crippen LogP contribution in [0.25, 0.3) is 0 Å². The standard InChI is InChI=1S/C23H30N2O2/c1-16-9-10-18(3)22(15-16)27-20(5)23(26)25-13-11-24(12-14-25)21-8-6-7-17(2)19(21)4/h6-10,15,20H,11-14H2,1-5H3/t20-/m0/s1. The van der Waals surface area contributed by atoms with E-state index in [2.05, 4.69) is 43.0 Å². The lowest BCUT2D eigenvalue weighted by atomic mass is 10.1. The maximum Gasteiger partial charge on any atom is 0.263 e. The Kier molecular flexibility index (Phi) is 5.73. The highest BCUT2D eigenvalue weighted by atomic mass is 16.5. The van der Waals surface area contributed by atoms with Crippen LogP contribution >= 0.6 is 0 Å². The summed E-state index contributed by atoms with van der Waals surface area (Å²) in [5.74, 6) is 0.862. The lowest BCUT2D eigenvalue weighted by Crippen LogP contribution is -2.52. The minimum atomic E-state index is -0.474. The number of carbonyl (C=O) groups excluding carboxylic acids is 1. The third kappa shape index (κ3) is 4.26. The summed E-state index contributed by atoms with van der Waals surface area (Å²) in [6, 6.07) is 12.5. The number of hydrogen-bond acceptors (Lipinski definition) is 3. The Balaban J connectivity index is 1.61. The molecule has 0 aromatic heterocycles. The summed E-state index contributed by atoms with van der Waals surface area (Å²) >= 11 is 0. The molecule has 1 saturated heterocycles. The molecule has 1 amide bonds. The normalized spacial score (nSPS) is 15.6. The highest BCUT2D eigenvalue weighted by Crippen LogP contribution is 2.25. The van der Waals surface area contributed by atoms with Gasteiger partial charge in [-0.2, -0.15) is 0 Å². The molecule has 4 nitrogen and oxygen atoms in total. The lowest BCUT2D eigenvalue weighted by Gasteiger charge is -2.38. The zero-order chi connectivity index (χ0) is 19.6. The van der Waals surface area contributed by atoms with Gasteiger partial charge in [0.1, 0.15) is 5.75 Å². The quantitative estimate of drug-likeness (QED) is 0.819. The van der Waals surface area contributed by atoms with Gasteiger partial charge in [0.15, 0.2) is 6.10 Å². The largest absolute Gasteiger partial charge is 0.481 e. The van der Waals surface area contributed by atoms with Crippen LogP contribution in [-0.2, 0) is 4.79 Å². The minimum Gasteiger partial charge on any atom is -0.481 e. The monoisotopic (exact) mass is 366 g/mol. The summed E-state index contributed by atoms with van der Waals surface area (Å²) in [5.41, 5.74) is 6.10. The summed E-state index contributed by atoms with van der Waals surface area (Å²) < 4.78 is 5.98. The summed E-state index contributed by atoms with van der Waals surface area (Å²) in [7, 11) is 0. The maximum atomic E-state index is 12.8. The molecule has 0 spiro atoms. The zero-order valence-electron chi connectivity index (χ0n) is 17.1. The average molecular weight is 367 g/mol. The van der Waals surface area contributed by atoms with Crippen molar-refractivity contribution >= 4 is 11.6 Å². The van der Waals surface area contributed by atoms with Crippen LogP contribution in [0, 0.1) is 27.7 Å². The van der Waals surface area contributed by atoms with Gasteiger partial charge in [-0.3, -0.25) is 4.79 Å². The van der Waals surface area contributed by atoms with Crippen molar-refractivity contribution in [2.75, 3.05) is 31.1 Å². The molecular formula is C23H30N2O2. The van der Waals surface area contributed by atoms with E-state index in [0.29, 0.717) is 0 Å². The predicted octanol–water partition coefficient (Wildman–Crippen LogP) is 4.04. The van der Waals surface area contributed by atoms with Crippen LogP contribution in [0.5, 0.6) is 5.75 Å². The van der Waals surface area contributed by atoms with Gasteiger partial charge in [0.2, 0.25) is 0 Å². The molecule has 144 valence electrons. The first-order valence-electron chi connectivity index (χ1n) is 9.70. The lowest BCUT2D eigenvalue weighted by molar-refractivity contribution is -0.138. The van der Waals surface area contributed by atoms with Gasteiger partial charge < -0.3 is 14.5 Å². The smallest absolute Gasteiger partial charge is 0.263 e. The number of rotatable bonds is 4. The number of aryl methyl sites for hydroxylation is 3. The van der Waals surface area contributed by atoms with Crippen molar-refractivity contribution in [1.82, 2.24) is 4.90 Å². The Bertz CT molecular complexity index is 823. The fourth-order valence-electron chi connectivity index (χ4n) is 3.58. The molecule has 1 heterocycles. The second-order valence-electron chi connectivity index (χ2n) is 7.56. The van der Waals surface area contributed by atoms with E-state index in [1.807, 2.05) is 37.8 Å². The first kappa shape index (κ1) is 19.3. The van der Waals surface area contributed by atoms with Crippen LogP contribution in [0.4, 0.5) is 5.69 Å². The third-order valence-corrected chi connectivity index (χ3v) is 5.50. The number of hydrogen-bond donors (Lipinski definition) is 0. The van der Waals surface area contributed by atoms with Crippen molar-refractivity contribution < 1.29 is 9.53 Å². The Morgan fingerprint density at radius 2 is 1.67 bits per heavy atom. The predicted molar refractivity (Wildman–Crippen MR) is 111 cm³/mol. The average Bonchev–Trinajstić information content (AvgIpc) is 2.66. The van der Waals surface area contributed by atoms with Gasteiger partial charge in [-0.1, -0.05) is 24.3 Å². The zero-order valence-corrected chi connectivity index (χ0v) is 17.1. The van der Waals surface area contributed by atoms with Crippen molar-refractivity contribution in [3.8, 4) is 5.75 Å². The molecule has 0 saturated carbocycles. The van der Waals surface area contributed by atoms with E-state index < -0.39 is 6.10 Å². The van der Waals surface area contributed by atoms with Crippen molar-refractivity contribution in [1.29, 1.82) is 0 Å². The van der Waals surface area contributed by atoms with Gasteiger partial charge in [-0.15, -0.1) is 0 Å². The van der Waals surface area contributed by atoms with Gasteiger partial charge in [-0.25, -0.2) is 0 Å². The van der Waals surface area contributed by atoms with Gasteiger partial charge in [-0.05, 0) is 69.0 Å². The molecule has 2 aromatic rings. The van der Waals surface area contributed by atoms with Crippen LogP contribution in [0.3, 0.4) is 0 Å². The molecule has 27 heavy (non-hydrogen) atoms. The van der Waals surface area contributed by atoms with Crippen LogP contribution in [0.2, 0.25) is 0 Å². The highest BCUT2D eigenvalue weighted by Gasteiger charge is 2.27. The van der Waals surface area contributed by atoms with Gasteiger partial charge in [0.05, 0.1) is 0 Å². The fourth-order valence-corrected chi connectivity index (χ4v) is 3.58. The molecule has 1 fully saturated rings. The number of nitrogens with zero attached hydrogens (tertiary/aromatic N) is 2.